The van der Waals surface area contributed by atoms with Gasteiger partial charge in [-0.15, -0.1) is 0 Å². The highest BCUT2D eigenvalue weighted by molar-refractivity contribution is 7.89. The summed E-state index contributed by atoms with van der Waals surface area (Å²) >= 11 is 0. The second-order valence-electron chi connectivity index (χ2n) is 7.53. The van der Waals surface area contributed by atoms with E-state index < -0.39 is 10.0 Å². The average molecular weight is 417 g/mol. The van der Waals surface area contributed by atoms with Crippen LogP contribution < -0.4 is 10.1 Å². The van der Waals surface area contributed by atoms with Gasteiger partial charge >= 0.3 is 0 Å². The van der Waals surface area contributed by atoms with E-state index >= 15 is 0 Å². The molecule has 0 bridgehead atoms. The highest BCUT2D eigenvalue weighted by Gasteiger charge is 2.35. The molecule has 1 heterocycles. The molecule has 2 aromatic rings. The first-order valence-electron chi connectivity index (χ1n) is 9.88. The molecule has 2 atom stereocenters. The van der Waals surface area contributed by atoms with Gasteiger partial charge in [0, 0.05) is 23.3 Å². The van der Waals surface area contributed by atoms with Crippen molar-refractivity contribution < 1.29 is 17.9 Å². The van der Waals surface area contributed by atoms with Gasteiger partial charge in [0.2, 0.25) is 15.9 Å². The van der Waals surface area contributed by atoms with Crippen molar-refractivity contribution in [2.45, 2.75) is 56.5 Å². The molecule has 6 nitrogen and oxygen atoms in total. The molecule has 0 aromatic heterocycles. The van der Waals surface area contributed by atoms with Gasteiger partial charge in [0.05, 0.1) is 18.4 Å². The number of rotatable bonds is 6. The highest BCUT2D eigenvalue weighted by atomic mass is 32.2. The van der Waals surface area contributed by atoms with Gasteiger partial charge in [-0.1, -0.05) is 24.6 Å². The lowest BCUT2D eigenvalue weighted by atomic mass is 10.0. The van der Waals surface area contributed by atoms with Gasteiger partial charge in [-0.25, -0.2) is 8.42 Å². The molecule has 1 amide bonds. The van der Waals surface area contributed by atoms with Crippen molar-refractivity contribution in [3.05, 3.63) is 54.1 Å². The fourth-order valence-corrected chi connectivity index (χ4v) is 5.81. The fraction of sp³-hybridized carbons (Fsp3) is 0.409. The molecule has 3 rings (SSSR count). The Balaban J connectivity index is 1.70. The summed E-state index contributed by atoms with van der Waals surface area (Å²) in [6.45, 7) is 3.92. The van der Waals surface area contributed by atoms with Crippen molar-refractivity contribution in [3.63, 3.8) is 0 Å². The molecular weight excluding hydrogens is 388 g/mol. The summed E-state index contributed by atoms with van der Waals surface area (Å²) in [6, 6.07) is 13.7. The molecule has 0 unspecified atom stereocenters. The van der Waals surface area contributed by atoms with Crippen LogP contribution >= 0.6 is 0 Å². The van der Waals surface area contributed by atoms with Gasteiger partial charge < -0.3 is 10.1 Å². The lowest BCUT2D eigenvalue weighted by Crippen LogP contribution is -2.47. The van der Waals surface area contributed by atoms with Crippen molar-refractivity contribution in [2.75, 3.05) is 12.4 Å². The Kier molecular flexibility index (Phi) is 6.59. The number of carbonyl (C=O) groups excluding carboxylic acids is 1. The maximum absolute atomic E-state index is 13.1. The molecule has 156 valence electrons. The van der Waals surface area contributed by atoms with Crippen molar-refractivity contribution >= 4 is 21.6 Å². The zero-order valence-electron chi connectivity index (χ0n) is 17.1. The Hall–Kier alpha value is -2.38. The van der Waals surface area contributed by atoms with E-state index in [1.165, 1.54) is 0 Å². The molecule has 1 aliphatic rings. The summed E-state index contributed by atoms with van der Waals surface area (Å²) in [5.74, 6) is 0.470. The van der Waals surface area contributed by atoms with Crippen LogP contribution in [0.2, 0.25) is 0 Å². The Bertz CT molecular complexity index is 947. The third kappa shape index (κ3) is 4.79. The zero-order chi connectivity index (χ0) is 21.0. The quantitative estimate of drug-likeness (QED) is 0.777. The molecule has 0 radical (unpaired) electrons. The van der Waals surface area contributed by atoms with E-state index in [0.29, 0.717) is 11.4 Å². The maximum Gasteiger partial charge on any atom is 0.243 e. The summed E-state index contributed by atoms with van der Waals surface area (Å²) in [7, 11) is -1.99. The summed E-state index contributed by atoms with van der Waals surface area (Å²) < 4.78 is 33.0. The van der Waals surface area contributed by atoms with Gasteiger partial charge in [-0.2, -0.15) is 4.31 Å². The number of carbonyl (C=O) groups is 1. The number of nitrogens with one attached hydrogen (secondary N) is 1. The summed E-state index contributed by atoms with van der Waals surface area (Å²) in [6.07, 6.45) is 2.97. The Morgan fingerprint density at radius 3 is 2.31 bits per heavy atom. The van der Waals surface area contributed by atoms with E-state index in [4.69, 9.17) is 4.74 Å². The van der Waals surface area contributed by atoms with E-state index in [2.05, 4.69) is 5.32 Å². The topological polar surface area (TPSA) is 75.7 Å². The molecule has 1 saturated heterocycles. The fourth-order valence-electron chi connectivity index (χ4n) is 3.93. The largest absolute Gasteiger partial charge is 0.496 e. The molecule has 0 spiro atoms. The molecule has 7 heteroatoms. The number of para-hydroxylation sites is 1. The number of sulfonamides is 1. The van der Waals surface area contributed by atoms with Crippen LogP contribution in [-0.4, -0.2) is 37.8 Å². The number of anilines is 1. The minimum Gasteiger partial charge on any atom is -0.496 e. The van der Waals surface area contributed by atoms with Crippen LogP contribution in [0.1, 0.15) is 38.7 Å². The summed E-state index contributed by atoms with van der Waals surface area (Å²) in [5.41, 5.74) is 1.35. The Labute approximate surface area is 172 Å². The first kappa shape index (κ1) is 21.3. The van der Waals surface area contributed by atoms with Crippen molar-refractivity contribution in [3.8, 4) is 5.75 Å². The van der Waals surface area contributed by atoms with Crippen molar-refractivity contribution in [1.29, 1.82) is 0 Å². The molecular formula is C22H28N2O4S. The lowest BCUT2D eigenvalue weighted by molar-refractivity contribution is -0.115. The second-order valence-corrected chi connectivity index (χ2v) is 9.37. The Morgan fingerprint density at radius 2 is 1.69 bits per heavy atom. The van der Waals surface area contributed by atoms with E-state index in [0.717, 1.165) is 24.8 Å². The third-order valence-electron chi connectivity index (χ3n) is 5.37. The number of nitrogens with zero attached hydrogens (tertiary/aromatic N) is 1. The molecule has 1 N–H and O–H groups in total. The highest BCUT2D eigenvalue weighted by Crippen LogP contribution is 2.30. The van der Waals surface area contributed by atoms with Crippen LogP contribution in [0.15, 0.2) is 53.4 Å². The van der Waals surface area contributed by atoms with Gasteiger partial charge in [-0.3, -0.25) is 4.79 Å². The van der Waals surface area contributed by atoms with Crippen molar-refractivity contribution in [1.82, 2.24) is 4.31 Å². The van der Waals surface area contributed by atoms with E-state index in [1.54, 1.807) is 35.7 Å². The molecule has 2 aromatic carbocycles. The van der Waals surface area contributed by atoms with Gasteiger partial charge in [-0.05, 0) is 57.0 Å². The van der Waals surface area contributed by atoms with Crippen LogP contribution in [0.25, 0.3) is 0 Å². The third-order valence-corrected chi connectivity index (χ3v) is 7.51. The number of hydrogen-bond donors (Lipinski definition) is 1. The van der Waals surface area contributed by atoms with E-state index in [1.807, 2.05) is 38.1 Å². The number of ether oxygens (including phenoxy) is 1. The van der Waals surface area contributed by atoms with Crippen LogP contribution in [0.5, 0.6) is 5.75 Å². The standard InChI is InChI=1S/C22H28N2O4S/c1-16-7-6-8-17(2)24(16)29(26,27)20-13-11-19(12-14-20)23-22(25)15-18-9-4-5-10-21(18)28-3/h4-5,9-14,16-17H,6-8,15H2,1-3H3,(H,23,25)/t16-,17-/m1/s1. The van der Waals surface area contributed by atoms with Crippen LogP contribution in [0, 0.1) is 0 Å². The van der Waals surface area contributed by atoms with Gasteiger partial charge in [0.15, 0.2) is 0 Å². The number of amides is 1. The van der Waals surface area contributed by atoms with E-state index in [-0.39, 0.29) is 29.3 Å². The molecule has 0 saturated carbocycles. The number of hydrogen-bond acceptors (Lipinski definition) is 4. The van der Waals surface area contributed by atoms with Crippen LogP contribution in [0.3, 0.4) is 0 Å². The molecule has 1 fully saturated rings. The maximum atomic E-state index is 13.1. The minimum absolute atomic E-state index is 0.0102. The normalized spacial score (nSPS) is 20.2. The number of benzene rings is 2. The van der Waals surface area contributed by atoms with Gasteiger partial charge in [0.25, 0.3) is 0 Å². The second kappa shape index (κ2) is 8.97. The predicted octanol–water partition coefficient (Wildman–Crippen LogP) is 3.83. The summed E-state index contributed by atoms with van der Waals surface area (Å²) in [4.78, 5) is 12.6. The predicted molar refractivity (Wildman–Crippen MR) is 114 cm³/mol. The smallest absolute Gasteiger partial charge is 0.243 e. The number of piperidine rings is 1. The molecule has 29 heavy (non-hydrogen) atoms. The van der Waals surface area contributed by atoms with Gasteiger partial charge in [0.1, 0.15) is 5.75 Å². The SMILES string of the molecule is COc1ccccc1CC(=O)Nc1ccc(S(=O)(=O)N2[C@H](C)CCC[C@H]2C)cc1. The molecule has 1 aliphatic heterocycles. The van der Waals surface area contributed by atoms with Crippen LogP contribution in [-0.2, 0) is 21.2 Å². The lowest BCUT2D eigenvalue weighted by Gasteiger charge is -2.37. The zero-order valence-corrected chi connectivity index (χ0v) is 17.9. The first-order valence-corrected chi connectivity index (χ1v) is 11.3. The van der Waals surface area contributed by atoms with Crippen LogP contribution in [0.4, 0.5) is 5.69 Å². The van der Waals surface area contributed by atoms with Crippen molar-refractivity contribution in [2.24, 2.45) is 0 Å². The first-order chi connectivity index (χ1) is 13.8. The monoisotopic (exact) mass is 416 g/mol. The Morgan fingerprint density at radius 1 is 1.07 bits per heavy atom. The summed E-state index contributed by atoms with van der Waals surface area (Å²) in [5, 5.41) is 2.81. The minimum atomic E-state index is -3.56. The van der Waals surface area contributed by atoms with E-state index in [9.17, 15) is 13.2 Å². The number of methoxy groups -OCH3 is 1. The average Bonchev–Trinajstić information content (AvgIpc) is 2.68. The molecule has 0 aliphatic carbocycles.